The van der Waals surface area contributed by atoms with Gasteiger partial charge in [0.05, 0.1) is 6.33 Å². The lowest BCUT2D eigenvalue weighted by molar-refractivity contribution is 0.586. The van der Waals surface area contributed by atoms with E-state index in [2.05, 4.69) is 40.8 Å². The van der Waals surface area contributed by atoms with E-state index in [1.165, 1.54) is 24.9 Å². The third-order valence-electron chi connectivity index (χ3n) is 2.16. The molecule has 0 bridgehead atoms. The molecule has 0 aliphatic rings. The molecular formula is C10H5BrFN5S. The second kappa shape index (κ2) is 4.62. The minimum Gasteiger partial charge on any atom is -0.341 e. The lowest BCUT2D eigenvalue weighted by atomic mass is 10.5. The summed E-state index contributed by atoms with van der Waals surface area (Å²) in [5, 5.41) is 0.846. The number of hydrogen-bond acceptors (Lipinski definition) is 5. The summed E-state index contributed by atoms with van der Waals surface area (Å²) < 4.78 is 14.3. The van der Waals surface area contributed by atoms with Crippen LogP contribution >= 0.6 is 27.7 Å². The van der Waals surface area contributed by atoms with Crippen LogP contribution in [0.15, 0.2) is 39.4 Å². The first-order valence-corrected chi connectivity index (χ1v) is 6.48. The molecule has 8 heteroatoms. The van der Waals surface area contributed by atoms with Gasteiger partial charge >= 0.3 is 0 Å². The van der Waals surface area contributed by atoms with Gasteiger partial charge in [0, 0.05) is 10.7 Å². The molecule has 3 aromatic rings. The van der Waals surface area contributed by atoms with E-state index in [1.54, 1.807) is 0 Å². The Labute approximate surface area is 113 Å². The molecule has 0 saturated heterocycles. The summed E-state index contributed by atoms with van der Waals surface area (Å²) in [5.41, 5.74) is 1.22. The molecule has 3 rings (SSSR count). The van der Waals surface area contributed by atoms with Gasteiger partial charge in [0.25, 0.3) is 0 Å². The van der Waals surface area contributed by atoms with Gasteiger partial charge in [-0.1, -0.05) is 0 Å². The fraction of sp³-hybridized carbons (Fsp3) is 0. The number of rotatable bonds is 2. The predicted octanol–water partition coefficient (Wildman–Crippen LogP) is 2.80. The van der Waals surface area contributed by atoms with Crippen LogP contribution in [0, 0.1) is 5.82 Å². The van der Waals surface area contributed by atoms with Crippen molar-refractivity contribution in [2.45, 2.75) is 10.1 Å². The normalized spacial score (nSPS) is 11.0. The molecule has 5 nitrogen and oxygen atoms in total. The molecule has 0 fully saturated rings. The highest BCUT2D eigenvalue weighted by molar-refractivity contribution is 9.10. The highest BCUT2D eigenvalue weighted by Gasteiger charge is 2.12. The molecule has 0 atom stereocenters. The van der Waals surface area contributed by atoms with Crippen LogP contribution in [0.25, 0.3) is 11.2 Å². The Hall–Kier alpha value is -1.54. The lowest BCUT2D eigenvalue weighted by Crippen LogP contribution is -1.90. The Kier molecular flexibility index (Phi) is 2.96. The van der Waals surface area contributed by atoms with E-state index in [-0.39, 0.29) is 5.03 Å². The molecule has 0 amide bonds. The number of aromatic amines is 1. The van der Waals surface area contributed by atoms with Gasteiger partial charge in [-0.05, 0) is 33.8 Å². The van der Waals surface area contributed by atoms with Crippen LogP contribution in [0.4, 0.5) is 4.39 Å². The van der Waals surface area contributed by atoms with E-state index in [9.17, 15) is 4.39 Å². The molecule has 0 spiro atoms. The Morgan fingerprint density at radius 2 is 2.06 bits per heavy atom. The molecule has 3 aromatic heterocycles. The van der Waals surface area contributed by atoms with Crippen molar-refractivity contribution in [1.82, 2.24) is 24.9 Å². The third kappa shape index (κ3) is 2.08. The van der Waals surface area contributed by atoms with Crippen LogP contribution < -0.4 is 0 Å². The summed E-state index contributed by atoms with van der Waals surface area (Å²) in [6, 6.07) is 1.36. The number of hydrogen-bond donors (Lipinski definition) is 1. The highest BCUT2D eigenvalue weighted by Crippen LogP contribution is 2.30. The SMILES string of the molecule is Fc1cc(Br)cnc1Sc1ncnc2nc[nH]c12. The fourth-order valence-electron chi connectivity index (χ4n) is 1.39. The van der Waals surface area contributed by atoms with E-state index in [4.69, 9.17) is 0 Å². The Morgan fingerprint density at radius 1 is 1.17 bits per heavy atom. The first-order valence-electron chi connectivity index (χ1n) is 4.87. The van der Waals surface area contributed by atoms with Crippen molar-refractivity contribution in [3.63, 3.8) is 0 Å². The minimum absolute atomic E-state index is 0.257. The van der Waals surface area contributed by atoms with Crippen LogP contribution in [-0.2, 0) is 0 Å². The molecule has 18 heavy (non-hydrogen) atoms. The first-order chi connectivity index (χ1) is 8.74. The van der Waals surface area contributed by atoms with Crippen molar-refractivity contribution in [2.75, 3.05) is 0 Å². The van der Waals surface area contributed by atoms with Crippen molar-refractivity contribution in [2.24, 2.45) is 0 Å². The molecule has 1 N–H and O–H groups in total. The van der Waals surface area contributed by atoms with Crippen LogP contribution in [0.5, 0.6) is 0 Å². The molecule has 0 radical (unpaired) electrons. The first kappa shape index (κ1) is 11.5. The van der Waals surface area contributed by atoms with Gasteiger partial charge < -0.3 is 4.98 Å². The van der Waals surface area contributed by atoms with Crippen LogP contribution in [0.3, 0.4) is 0 Å². The molecule has 3 heterocycles. The maximum Gasteiger partial charge on any atom is 0.181 e. The largest absolute Gasteiger partial charge is 0.341 e. The van der Waals surface area contributed by atoms with Crippen molar-refractivity contribution in [1.29, 1.82) is 0 Å². The number of halogens is 2. The zero-order chi connectivity index (χ0) is 12.5. The molecule has 0 unspecified atom stereocenters. The number of fused-ring (bicyclic) bond motifs is 1. The topological polar surface area (TPSA) is 67.3 Å². The average Bonchev–Trinajstić information content (AvgIpc) is 2.82. The Balaban J connectivity index is 2.03. The van der Waals surface area contributed by atoms with Gasteiger partial charge in [0.2, 0.25) is 0 Å². The molecule has 0 saturated carbocycles. The van der Waals surface area contributed by atoms with Crippen LogP contribution in [0.1, 0.15) is 0 Å². The number of nitrogens with zero attached hydrogens (tertiary/aromatic N) is 4. The molecule has 0 aliphatic heterocycles. The molecule has 0 aliphatic carbocycles. The molecular weight excluding hydrogens is 321 g/mol. The maximum absolute atomic E-state index is 13.7. The van der Waals surface area contributed by atoms with Gasteiger partial charge in [-0.15, -0.1) is 0 Å². The second-order valence-corrected chi connectivity index (χ2v) is 5.22. The number of imidazole rings is 1. The minimum atomic E-state index is -0.402. The summed E-state index contributed by atoms with van der Waals surface area (Å²) >= 11 is 4.29. The van der Waals surface area contributed by atoms with Crippen molar-refractivity contribution in [3.8, 4) is 0 Å². The van der Waals surface area contributed by atoms with E-state index in [1.807, 2.05) is 0 Å². The number of pyridine rings is 1. The van der Waals surface area contributed by atoms with E-state index in [0.717, 1.165) is 11.8 Å². The lowest BCUT2D eigenvalue weighted by Gasteiger charge is -2.02. The standard InChI is InChI=1S/C10H5BrFN5S/c11-5-1-6(12)9(13-2-5)18-10-7-8(15-3-14-7)16-4-17-10/h1-4H,(H,14,15,16,17). The smallest absolute Gasteiger partial charge is 0.181 e. The fourth-order valence-corrected chi connectivity index (χ4v) is 2.49. The van der Waals surface area contributed by atoms with Gasteiger partial charge in [-0.2, -0.15) is 0 Å². The summed E-state index contributed by atoms with van der Waals surface area (Å²) in [6.07, 6.45) is 4.45. The number of aromatic nitrogens is 5. The van der Waals surface area contributed by atoms with Gasteiger partial charge in [-0.25, -0.2) is 24.3 Å². The van der Waals surface area contributed by atoms with Crippen LogP contribution in [-0.4, -0.2) is 24.9 Å². The predicted molar refractivity (Wildman–Crippen MR) is 67.7 cm³/mol. The Bertz CT molecular complexity index is 716. The third-order valence-corrected chi connectivity index (χ3v) is 3.59. The zero-order valence-corrected chi connectivity index (χ0v) is 11.2. The van der Waals surface area contributed by atoms with Crippen molar-refractivity contribution < 1.29 is 4.39 Å². The summed E-state index contributed by atoms with van der Waals surface area (Å²) in [4.78, 5) is 19.0. The van der Waals surface area contributed by atoms with Crippen LogP contribution in [0.2, 0.25) is 0 Å². The zero-order valence-electron chi connectivity index (χ0n) is 8.76. The maximum atomic E-state index is 13.7. The van der Waals surface area contributed by atoms with E-state index in [0.29, 0.717) is 20.7 Å². The second-order valence-electron chi connectivity index (χ2n) is 3.32. The van der Waals surface area contributed by atoms with Gasteiger partial charge in [0.1, 0.15) is 21.9 Å². The monoisotopic (exact) mass is 325 g/mol. The van der Waals surface area contributed by atoms with E-state index < -0.39 is 5.82 Å². The summed E-state index contributed by atoms with van der Waals surface area (Å²) in [5.74, 6) is -0.402. The summed E-state index contributed by atoms with van der Waals surface area (Å²) in [7, 11) is 0. The quantitative estimate of drug-likeness (QED) is 0.734. The number of nitrogens with one attached hydrogen (secondary N) is 1. The van der Waals surface area contributed by atoms with Crippen molar-refractivity contribution in [3.05, 3.63) is 35.2 Å². The molecule has 90 valence electrons. The number of H-pyrrole nitrogens is 1. The van der Waals surface area contributed by atoms with Gasteiger partial charge in [0.15, 0.2) is 11.5 Å². The summed E-state index contributed by atoms with van der Waals surface area (Å²) in [6.45, 7) is 0. The van der Waals surface area contributed by atoms with E-state index >= 15 is 0 Å². The van der Waals surface area contributed by atoms with Gasteiger partial charge in [-0.3, -0.25) is 0 Å². The highest BCUT2D eigenvalue weighted by atomic mass is 79.9. The average molecular weight is 326 g/mol. The van der Waals surface area contributed by atoms with Crippen molar-refractivity contribution >= 4 is 38.9 Å². The molecule has 0 aromatic carbocycles. The Morgan fingerprint density at radius 3 is 2.89 bits per heavy atom.